The van der Waals surface area contributed by atoms with Gasteiger partial charge in [0.2, 0.25) is 11.8 Å². The molecule has 0 N–H and O–H groups in total. The molecule has 0 radical (unpaired) electrons. The van der Waals surface area contributed by atoms with Crippen molar-refractivity contribution in [2.45, 2.75) is 25.7 Å². The SMILES string of the molecule is COc1ccc2nc(N3CC4(CCN(C(C)=O)C4)c4cc(Oc5ccc(C)cc5)ccc43)sc2n1. The molecule has 2 aromatic heterocycles. The van der Waals surface area contributed by atoms with Crippen molar-refractivity contribution in [2.24, 2.45) is 0 Å². The number of hydrogen-bond donors (Lipinski definition) is 0. The number of anilines is 2. The zero-order valence-corrected chi connectivity index (χ0v) is 20.8. The van der Waals surface area contributed by atoms with Gasteiger partial charge in [-0.25, -0.2) is 9.97 Å². The van der Waals surface area contributed by atoms with Crippen LogP contribution in [-0.2, 0) is 10.2 Å². The van der Waals surface area contributed by atoms with Crippen molar-refractivity contribution >= 4 is 38.4 Å². The van der Waals surface area contributed by atoms with Crippen molar-refractivity contribution in [3.63, 3.8) is 0 Å². The highest BCUT2D eigenvalue weighted by atomic mass is 32.1. The number of methoxy groups -OCH3 is 1. The van der Waals surface area contributed by atoms with Crippen LogP contribution in [0.5, 0.6) is 17.4 Å². The third-order valence-corrected chi connectivity index (χ3v) is 7.99. The van der Waals surface area contributed by atoms with E-state index >= 15 is 0 Å². The highest BCUT2D eigenvalue weighted by Gasteiger charge is 2.49. The van der Waals surface area contributed by atoms with Gasteiger partial charge in [0.25, 0.3) is 0 Å². The molecule has 2 aliphatic heterocycles. The number of ether oxygens (including phenoxy) is 2. The molecule has 8 heteroatoms. The Labute approximate surface area is 207 Å². The molecular weight excluding hydrogens is 460 g/mol. The summed E-state index contributed by atoms with van der Waals surface area (Å²) in [6, 6.07) is 18.1. The van der Waals surface area contributed by atoms with Crippen LogP contribution < -0.4 is 14.4 Å². The molecule has 1 spiro atoms. The van der Waals surface area contributed by atoms with Crippen molar-refractivity contribution in [1.29, 1.82) is 0 Å². The minimum absolute atomic E-state index is 0.116. The molecule has 1 amide bonds. The van der Waals surface area contributed by atoms with Crippen LogP contribution in [0.1, 0.15) is 24.5 Å². The van der Waals surface area contributed by atoms with Gasteiger partial charge >= 0.3 is 0 Å². The van der Waals surface area contributed by atoms with Gasteiger partial charge < -0.3 is 19.3 Å². The van der Waals surface area contributed by atoms with Gasteiger partial charge in [-0.15, -0.1) is 0 Å². The summed E-state index contributed by atoms with van der Waals surface area (Å²) in [5.41, 5.74) is 4.19. The summed E-state index contributed by atoms with van der Waals surface area (Å²) < 4.78 is 11.5. The Morgan fingerprint density at radius 2 is 1.83 bits per heavy atom. The monoisotopic (exact) mass is 486 g/mol. The molecule has 1 unspecified atom stereocenters. The van der Waals surface area contributed by atoms with Gasteiger partial charge in [0.1, 0.15) is 21.8 Å². The summed E-state index contributed by atoms with van der Waals surface area (Å²) in [4.78, 5) is 26.7. The Kier molecular flexibility index (Phi) is 5.14. The predicted octanol–water partition coefficient (Wildman–Crippen LogP) is 5.44. The topological polar surface area (TPSA) is 67.8 Å². The van der Waals surface area contributed by atoms with E-state index in [4.69, 9.17) is 14.5 Å². The van der Waals surface area contributed by atoms with Gasteiger partial charge in [0.15, 0.2) is 5.13 Å². The lowest BCUT2D eigenvalue weighted by atomic mass is 9.81. The number of amides is 1. The van der Waals surface area contributed by atoms with Gasteiger partial charge in [-0.05, 0) is 55.3 Å². The minimum Gasteiger partial charge on any atom is -0.481 e. The van der Waals surface area contributed by atoms with Crippen LogP contribution in [-0.4, -0.2) is 47.5 Å². The number of thiazole rings is 1. The first kappa shape index (κ1) is 21.9. The lowest BCUT2D eigenvalue weighted by Gasteiger charge is -2.25. The molecule has 7 nitrogen and oxygen atoms in total. The molecule has 2 aliphatic rings. The fourth-order valence-corrected chi connectivity index (χ4v) is 6.08. The Bertz CT molecular complexity index is 1430. The molecule has 0 aliphatic carbocycles. The second kappa shape index (κ2) is 8.23. The molecule has 0 bridgehead atoms. The van der Waals surface area contributed by atoms with E-state index in [0.717, 1.165) is 52.2 Å². The molecule has 4 aromatic rings. The quantitative estimate of drug-likeness (QED) is 0.383. The van der Waals surface area contributed by atoms with E-state index in [-0.39, 0.29) is 11.3 Å². The van der Waals surface area contributed by atoms with Gasteiger partial charge in [0.05, 0.1) is 7.11 Å². The molecule has 0 saturated carbocycles. The molecule has 35 heavy (non-hydrogen) atoms. The Morgan fingerprint density at radius 1 is 1.03 bits per heavy atom. The maximum Gasteiger partial charge on any atom is 0.219 e. The number of nitrogens with zero attached hydrogens (tertiary/aromatic N) is 4. The first-order valence-electron chi connectivity index (χ1n) is 11.7. The summed E-state index contributed by atoms with van der Waals surface area (Å²) in [7, 11) is 1.62. The number of aryl methyl sites for hydroxylation is 1. The fraction of sp³-hybridized carbons (Fsp3) is 0.296. The largest absolute Gasteiger partial charge is 0.481 e. The second-order valence-corrected chi connectivity index (χ2v) is 10.3. The fourth-order valence-electron chi connectivity index (χ4n) is 5.13. The first-order chi connectivity index (χ1) is 16.9. The van der Waals surface area contributed by atoms with E-state index in [2.05, 4.69) is 28.9 Å². The average molecular weight is 487 g/mol. The van der Waals surface area contributed by atoms with Gasteiger partial charge in [-0.2, -0.15) is 0 Å². The molecule has 1 atom stereocenters. The molecule has 2 aromatic carbocycles. The maximum atomic E-state index is 12.2. The number of hydrogen-bond acceptors (Lipinski definition) is 7. The van der Waals surface area contributed by atoms with E-state index in [0.29, 0.717) is 12.4 Å². The summed E-state index contributed by atoms with van der Waals surface area (Å²) >= 11 is 1.56. The van der Waals surface area contributed by atoms with E-state index < -0.39 is 0 Å². The third-order valence-electron chi connectivity index (χ3n) is 7.01. The van der Waals surface area contributed by atoms with Crippen molar-refractivity contribution in [2.75, 3.05) is 31.6 Å². The van der Waals surface area contributed by atoms with E-state index in [1.54, 1.807) is 25.4 Å². The van der Waals surface area contributed by atoms with Crippen LogP contribution >= 0.6 is 11.3 Å². The number of aromatic nitrogens is 2. The summed E-state index contributed by atoms with van der Waals surface area (Å²) in [5.74, 6) is 2.30. The third kappa shape index (κ3) is 3.78. The van der Waals surface area contributed by atoms with Crippen LogP contribution in [0.3, 0.4) is 0 Å². The number of carbonyl (C=O) groups excluding carboxylic acids is 1. The smallest absolute Gasteiger partial charge is 0.219 e. The van der Waals surface area contributed by atoms with Gasteiger partial charge in [-0.1, -0.05) is 29.0 Å². The summed E-state index contributed by atoms with van der Waals surface area (Å²) in [6.45, 7) is 5.92. The lowest BCUT2D eigenvalue weighted by molar-refractivity contribution is -0.127. The Hall–Kier alpha value is -3.65. The number of carbonyl (C=O) groups is 1. The molecule has 178 valence electrons. The normalized spacial score (nSPS) is 18.9. The van der Waals surface area contributed by atoms with Crippen LogP contribution in [0.15, 0.2) is 54.6 Å². The highest BCUT2D eigenvalue weighted by molar-refractivity contribution is 7.21. The molecular formula is C27H26N4O3S. The molecule has 1 saturated heterocycles. The highest BCUT2D eigenvalue weighted by Crippen LogP contribution is 2.51. The van der Waals surface area contributed by atoms with Crippen LogP contribution in [0.25, 0.3) is 10.3 Å². The standard InChI is InChI=1S/C27H26N4O3S/c1-17-4-6-19(7-5-17)34-20-8-10-23-21(14-20)27(12-13-30(15-27)18(2)32)16-31(23)26-28-22-9-11-24(33-3)29-25(22)35-26/h4-11,14H,12-13,15-16H2,1-3H3. The molecule has 1 fully saturated rings. The van der Waals surface area contributed by atoms with Crippen molar-refractivity contribution in [3.05, 3.63) is 65.7 Å². The van der Waals surface area contributed by atoms with Crippen molar-refractivity contribution < 1.29 is 14.3 Å². The van der Waals surface area contributed by atoms with Crippen LogP contribution in [0.4, 0.5) is 10.8 Å². The molecule has 4 heterocycles. The number of benzene rings is 2. The van der Waals surface area contributed by atoms with E-state index in [9.17, 15) is 4.79 Å². The van der Waals surface area contributed by atoms with Gasteiger partial charge in [0, 0.05) is 43.7 Å². The van der Waals surface area contributed by atoms with Crippen LogP contribution in [0, 0.1) is 6.92 Å². The summed E-state index contributed by atoms with van der Waals surface area (Å²) in [5, 5.41) is 0.896. The number of pyridine rings is 1. The number of fused-ring (bicyclic) bond motifs is 3. The van der Waals surface area contributed by atoms with E-state index in [1.807, 2.05) is 47.4 Å². The van der Waals surface area contributed by atoms with Crippen LogP contribution in [0.2, 0.25) is 0 Å². The van der Waals surface area contributed by atoms with E-state index in [1.165, 1.54) is 11.1 Å². The first-order valence-corrected chi connectivity index (χ1v) is 12.5. The number of likely N-dealkylation sites (tertiary alicyclic amines) is 1. The van der Waals surface area contributed by atoms with Gasteiger partial charge in [-0.3, -0.25) is 4.79 Å². The summed E-state index contributed by atoms with van der Waals surface area (Å²) in [6.07, 6.45) is 0.904. The predicted molar refractivity (Wildman–Crippen MR) is 137 cm³/mol. The number of rotatable bonds is 4. The Morgan fingerprint density at radius 3 is 2.57 bits per heavy atom. The Balaban J connectivity index is 1.41. The zero-order chi connectivity index (χ0) is 24.2. The zero-order valence-electron chi connectivity index (χ0n) is 19.9. The minimum atomic E-state index is -0.170. The maximum absolute atomic E-state index is 12.2. The lowest BCUT2D eigenvalue weighted by Crippen LogP contribution is -2.36. The second-order valence-electron chi connectivity index (χ2n) is 9.33. The van der Waals surface area contributed by atoms with Crippen molar-refractivity contribution in [3.8, 4) is 17.4 Å². The average Bonchev–Trinajstić information content (AvgIpc) is 3.56. The molecule has 6 rings (SSSR count). The van der Waals surface area contributed by atoms with Crippen molar-refractivity contribution in [1.82, 2.24) is 14.9 Å².